The van der Waals surface area contributed by atoms with Crippen LogP contribution >= 0.6 is 0 Å². The van der Waals surface area contributed by atoms with E-state index in [9.17, 15) is 0 Å². The lowest BCUT2D eigenvalue weighted by molar-refractivity contribution is 0.192. The molecular weight excluding hydrogens is 294 g/mol. The van der Waals surface area contributed by atoms with Crippen molar-refractivity contribution in [3.05, 3.63) is 42.2 Å². The smallest absolute Gasteiger partial charge is 0.241 e. The van der Waals surface area contributed by atoms with Crippen LogP contribution in [0.5, 0.6) is 0 Å². The van der Waals surface area contributed by atoms with Crippen molar-refractivity contribution in [1.29, 1.82) is 0 Å². The number of furan rings is 1. The molecule has 1 atom stereocenters. The summed E-state index contributed by atoms with van der Waals surface area (Å²) < 4.78 is 12.7. The van der Waals surface area contributed by atoms with Gasteiger partial charge in [0.25, 0.3) is 0 Å². The van der Waals surface area contributed by atoms with E-state index in [0.29, 0.717) is 30.1 Å². The van der Waals surface area contributed by atoms with Crippen molar-refractivity contribution in [3.8, 4) is 11.6 Å². The van der Waals surface area contributed by atoms with E-state index in [0.717, 1.165) is 19.5 Å². The standard InChI is InChI=1S/C16H19N5O2/c1-12-8-17-21(9-12)10-13-4-2-6-20(13)11-15-18-16(19-23-15)14-5-3-7-22-14/h3,5,7-9,13H,2,4,6,10-11H2,1H3/t13-/m1/s1. The van der Waals surface area contributed by atoms with Crippen LogP contribution in [0.2, 0.25) is 0 Å². The zero-order valence-corrected chi connectivity index (χ0v) is 13.1. The molecule has 3 aromatic heterocycles. The highest BCUT2D eigenvalue weighted by molar-refractivity contribution is 5.44. The number of aromatic nitrogens is 4. The highest BCUT2D eigenvalue weighted by Crippen LogP contribution is 2.22. The van der Waals surface area contributed by atoms with Crippen LogP contribution in [0, 0.1) is 6.92 Å². The predicted octanol–water partition coefficient (Wildman–Crippen LogP) is 2.50. The Bertz CT molecular complexity index is 761. The third kappa shape index (κ3) is 3.05. The molecule has 0 aliphatic carbocycles. The van der Waals surface area contributed by atoms with Crippen molar-refractivity contribution < 1.29 is 8.94 Å². The fraction of sp³-hybridized carbons (Fsp3) is 0.438. The first-order chi connectivity index (χ1) is 11.3. The SMILES string of the molecule is Cc1cnn(C[C@H]2CCCN2Cc2nc(-c3ccco3)no2)c1. The van der Waals surface area contributed by atoms with Gasteiger partial charge in [0.2, 0.25) is 11.7 Å². The van der Waals surface area contributed by atoms with Gasteiger partial charge in [-0.15, -0.1) is 0 Å². The minimum absolute atomic E-state index is 0.452. The average molecular weight is 313 g/mol. The quantitative estimate of drug-likeness (QED) is 0.720. The molecule has 0 unspecified atom stereocenters. The number of hydrogen-bond donors (Lipinski definition) is 0. The molecule has 0 aromatic carbocycles. The molecule has 0 spiro atoms. The van der Waals surface area contributed by atoms with E-state index in [4.69, 9.17) is 8.94 Å². The van der Waals surface area contributed by atoms with Crippen molar-refractivity contribution >= 4 is 0 Å². The second-order valence-electron chi connectivity index (χ2n) is 6.00. The number of nitrogens with zero attached hydrogens (tertiary/aromatic N) is 5. The van der Waals surface area contributed by atoms with Crippen LogP contribution in [0.3, 0.4) is 0 Å². The zero-order chi connectivity index (χ0) is 15.6. The molecule has 3 aromatic rings. The molecule has 1 aliphatic heterocycles. The maximum atomic E-state index is 5.37. The summed E-state index contributed by atoms with van der Waals surface area (Å²) in [5.74, 6) is 1.76. The number of likely N-dealkylation sites (tertiary alicyclic amines) is 1. The Labute approximate surface area is 133 Å². The van der Waals surface area contributed by atoms with Gasteiger partial charge >= 0.3 is 0 Å². The monoisotopic (exact) mass is 313 g/mol. The lowest BCUT2D eigenvalue weighted by atomic mass is 10.2. The summed E-state index contributed by atoms with van der Waals surface area (Å²) in [6.45, 7) is 4.67. The van der Waals surface area contributed by atoms with Gasteiger partial charge in [-0.05, 0) is 44.0 Å². The van der Waals surface area contributed by atoms with E-state index in [1.54, 1.807) is 6.26 Å². The minimum atomic E-state index is 0.452. The van der Waals surface area contributed by atoms with Gasteiger partial charge in [0.15, 0.2) is 5.76 Å². The second-order valence-corrected chi connectivity index (χ2v) is 6.00. The molecular formula is C16H19N5O2. The summed E-state index contributed by atoms with van der Waals surface area (Å²) in [4.78, 5) is 6.81. The lowest BCUT2D eigenvalue weighted by Crippen LogP contribution is -2.32. The third-order valence-electron chi connectivity index (χ3n) is 4.21. The average Bonchev–Trinajstić information content (AvgIpc) is 3.29. The van der Waals surface area contributed by atoms with Crippen molar-refractivity contribution in [2.45, 2.75) is 38.9 Å². The predicted molar refractivity (Wildman–Crippen MR) is 82.4 cm³/mol. The van der Waals surface area contributed by atoms with Gasteiger partial charge in [-0.3, -0.25) is 9.58 Å². The highest BCUT2D eigenvalue weighted by atomic mass is 16.5. The molecule has 4 heterocycles. The molecule has 120 valence electrons. The van der Waals surface area contributed by atoms with E-state index in [2.05, 4.69) is 33.3 Å². The normalized spacial score (nSPS) is 18.7. The van der Waals surface area contributed by atoms with Gasteiger partial charge in [-0.1, -0.05) is 5.16 Å². The topological polar surface area (TPSA) is 73.1 Å². The Kier molecular flexibility index (Phi) is 3.70. The first-order valence-corrected chi connectivity index (χ1v) is 7.87. The van der Waals surface area contributed by atoms with Crippen LogP contribution in [-0.4, -0.2) is 37.4 Å². The van der Waals surface area contributed by atoms with Gasteiger partial charge in [0.05, 0.1) is 25.5 Å². The van der Waals surface area contributed by atoms with Crippen LogP contribution in [0.4, 0.5) is 0 Å². The van der Waals surface area contributed by atoms with Crippen LogP contribution in [0.1, 0.15) is 24.3 Å². The molecule has 23 heavy (non-hydrogen) atoms. The molecule has 1 fully saturated rings. The Morgan fingerprint density at radius 2 is 2.35 bits per heavy atom. The van der Waals surface area contributed by atoms with Crippen molar-refractivity contribution in [3.63, 3.8) is 0 Å². The molecule has 1 saturated heterocycles. The summed E-state index contributed by atoms with van der Waals surface area (Å²) in [5, 5.41) is 8.37. The van der Waals surface area contributed by atoms with Crippen molar-refractivity contribution in [1.82, 2.24) is 24.8 Å². The number of rotatable bonds is 5. The maximum Gasteiger partial charge on any atom is 0.241 e. The fourth-order valence-electron chi connectivity index (χ4n) is 3.09. The largest absolute Gasteiger partial charge is 0.461 e. The third-order valence-corrected chi connectivity index (χ3v) is 4.21. The molecule has 7 heteroatoms. The summed E-state index contributed by atoms with van der Waals surface area (Å²) in [6, 6.07) is 4.09. The zero-order valence-electron chi connectivity index (χ0n) is 13.1. The van der Waals surface area contributed by atoms with E-state index in [1.807, 2.05) is 23.0 Å². The summed E-state index contributed by atoms with van der Waals surface area (Å²) >= 11 is 0. The van der Waals surface area contributed by atoms with Crippen LogP contribution < -0.4 is 0 Å². The van der Waals surface area contributed by atoms with Crippen LogP contribution in [0.25, 0.3) is 11.6 Å². The van der Waals surface area contributed by atoms with Crippen LogP contribution in [-0.2, 0) is 13.1 Å². The minimum Gasteiger partial charge on any atom is -0.461 e. The van der Waals surface area contributed by atoms with E-state index in [-0.39, 0.29) is 0 Å². The van der Waals surface area contributed by atoms with Crippen LogP contribution in [0.15, 0.2) is 39.7 Å². The molecule has 0 radical (unpaired) electrons. The Hall–Kier alpha value is -2.41. The van der Waals surface area contributed by atoms with Crippen molar-refractivity contribution in [2.75, 3.05) is 6.54 Å². The molecule has 7 nitrogen and oxygen atoms in total. The van der Waals surface area contributed by atoms with Gasteiger partial charge in [0.1, 0.15) is 0 Å². The summed E-state index contributed by atoms with van der Waals surface area (Å²) in [5.41, 5.74) is 1.19. The molecule has 4 rings (SSSR count). The van der Waals surface area contributed by atoms with Gasteiger partial charge in [0, 0.05) is 12.2 Å². The molecule has 1 aliphatic rings. The summed E-state index contributed by atoms with van der Waals surface area (Å²) in [7, 11) is 0. The Morgan fingerprint density at radius 1 is 1.39 bits per heavy atom. The first-order valence-electron chi connectivity index (χ1n) is 7.87. The van der Waals surface area contributed by atoms with E-state index >= 15 is 0 Å². The van der Waals surface area contributed by atoms with Gasteiger partial charge in [-0.25, -0.2) is 0 Å². The molecule has 0 saturated carbocycles. The molecule has 0 bridgehead atoms. The highest BCUT2D eigenvalue weighted by Gasteiger charge is 2.27. The van der Waals surface area contributed by atoms with E-state index < -0.39 is 0 Å². The second kappa shape index (κ2) is 6.00. The van der Waals surface area contributed by atoms with Gasteiger partial charge in [-0.2, -0.15) is 10.1 Å². The van der Waals surface area contributed by atoms with Gasteiger partial charge < -0.3 is 8.94 Å². The fourth-order valence-corrected chi connectivity index (χ4v) is 3.09. The number of hydrogen-bond acceptors (Lipinski definition) is 6. The van der Waals surface area contributed by atoms with E-state index in [1.165, 1.54) is 12.0 Å². The molecule has 0 N–H and O–H groups in total. The Balaban J connectivity index is 1.43. The summed E-state index contributed by atoms with van der Waals surface area (Å²) in [6.07, 6.45) is 7.93. The first kappa shape index (κ1) is 14.2. The number of aryl methyl sites for hydroxylation is 1. The lowest BCUT2D eigenvalue weighted by Gasteiger charge is -2.22. The molecule has 0 amide bonds. The Morgan fingerprint density at radius 3 is 3.13 bits per heavy atom. The maximum absolute atomic E-state index is 5.37. The van der Waals surface area contributed by atoms with Crippen molar-refractivity contribution in [2.24, 2.45) is 0 Å².